The van der Waals surface area contributed by atoms with Gasteiger partial charge in [-0.1, -0.05) is 0 Å². The molecule has 9 nitrogen and oxygen atoms in total. The molecule has 0 radical (unpaired) electrons. The number of carbonyl (C=O) groups excluding carboxylic acids is 1. The van der Waals surface area contributed by atoms with Gasteiger partial charge in [0, 0.05) is 25.7 Å². The quantitative estimate of drug-likeness (QED) is 0.711. The van der Waals surface area contributed by atoms with Crippen molar-refractivity contribution >= 4 is 12.4 Å². The molecule has 3 aliphatic rings. The molecule has 1 aliphatic heterocycles. The number of nitrogens with one attached hydrogen (secondary N) is 1. The largest absolute Gasteiger partial charge is 0.483 e. The Morgan fingerprint density at radius 3 is 2.54 bits per heavy atom. The van der Waals surface area contributed by atoms with Crippen molar-refractivity contribution in [2.24, 2.45) is 17.8 Å². The average Bonchev–Trinajstić information content (AvgIpc) is 3.23. The number of likely N-dealkylation sites (tertiary alicyclic amines) is 1. The highest BCUT2D eigenvalue weighted by Crippen LogP contribution is 2.40. The molecule has 2 saturated carbocycles. The van der Waals surface area contributed by atoms with Crippen molar-refractivity contribution in [3.63, 3.8) is 0 Å². The highest BCUT2D eigenvalue weighted by Gasteiger charge is 2.45. The molecule has 9 heteroatoms. The van der Waals surface area contributed by atoms with E-state index in [2.05, 4.69) is 24.2 Å². The van der Waals surface area contributed by atoms with Crippen LogP contribution in [0, 0.1) is 17.8 Å². The zero-order valence-electron chi connectivity index (χ0n) is 16.4. The summed E-state index contributed by atoms with van der Waals surface area (Å²) in [5.41, 5.74) is -0.374. The fraction of sp³-hybridized carbons (Fsp3) is 0.737. The van der Waals surface area contributed by atoms with Crippen LogP contribution in [0.25, 0.3) is 0 Å². The van der Waals surface area contributed by atoms with Gasteiger partial charge in [0.15, 0.2) is 0 Å². The van der Waals surface area contributed by atoms with Crippen LogP contribution in [0.15, 0.2) is 15.4 Å². The highest BCUT2D eigenvalue weighted by atomic mass is 16.5. The van der Waals surface area contributed by atoms with Gasteiger partial charge in [-0.3, -0.25) is 14.4 Å². The van der Waals surface area contributed by atoms with E-state index >= 15 is 0 Å². The number of ether oxygens (including phenoxy) is 1. The minimum atomic E-state index is -0.374. The summed E-state index contributed by atoms with van der Waals surface area (Å²) >= 11 is 0. The van der Waals surface area contributed by atoms with E-state index in [0.29, 0.717) is 17.9 Å². The van der Waals surface area contributed by atoms with Crippen LogP contribution in [0.4, 0.5) is 0 Å². The van der Waals surface area contributed by atoms with Crippen LogP contribution in [0.3, 0.4) is 0 Å². The first-order valence-corrected chi connectivity index (χ1v) is 9.76. The van der Waals surface area contributed by atoms with Gasteiger partial charge in [0.25, 0.3) is 17.9 Å². The molecule has 2 aliphatic carbocycles. The molecule has 28 heavy (non-hydrogen) atoms. The maximum absolute atomic E-state index is 12.6. The molecule has 2 N–H and O–H groups in total. The lowest BCUT2D eigenvalue weighted by Crippen LogP contribution is -2.48. The van der Waals surface area contributed by atoms with E-state index in [1.807, 2.05) is 4.90 Å². The predicted octanol–water partition coefficient (Wildman–Crippen LogP) is 0.876. The number of amides is 1. The first-order valence-electron chi connectivity index (χ1n) is 9.76. The van der Waals surface area contributed by atoms with Crippen LogP contribution in [-0.4, -0.2) is 78.4 Å². The maximum atomic E-state index is 12.6. The summed E-state index contributed by atoms with van der Waals surface area (Å²) in [5.74, 6) is 1.63. The summed E-state index contributed by atoms with van der Waals surface area (Å²) in [6.45, 7) is 2.09. The molecular weight excluding hydrogens is 366 g/mol. The van der Waals surface area contributed by atoms with Gasteiger partial charge in [0.2, 0.25) is 5.76 Å². The number of hydrogen-bond acceptors (Lipinski definition) is 6. The predicted molar refractivity (Wildman–Crippen MR) is 100 cm³/mol. The number of likely N-dealkylation sites (N-methyl/N-ethyl adjacent to an activating group) is 1. The molecule has 0 spiro atoms. The first-order chi connectivity index (χ1) is 13.4. The van der Waals surface area contributed by atoms with Crippen LogP contribution in [0.5, 0.6) is 0 Å². The standard InChI is InChI=1S/C18H27N3O4.CH2O2/c1-20(2)14-5-12-8-21(18(23)16-7-17(22)19-25-16)9-13(12)6-15(14)24-10-11-3-4-11;2-1-3/h7,11-15H,3-6,8-10H2,1-2H3,(H,19,22);1H,(H,2,3)/t12-,13+,14-,15-;/m1./s1. The molecule has 3 fully saturated rings. The van der Waals surface area contributed by atoms with E-state index in [4.69, 9.17) is 19.2 Å². The Kier molecular flexibility index (Phi) is 6.56. The van der Waals surface area contributed by atoms with Crippen LogP contribution in [-0.2, 0) is 9.53 Å². The van der Waals surface area contributed by atoms with Gasteiger partial charge < -0.3 is 24.2 Å². The molecule has 0 unspecified atom stereocenters. The normalized spacial score (nSPS) is 29.2. The second-order valence-electron chi connectivity index (χ2n) is 8.23. The Balaban J connectivity index is 0.000000706. The van der Waals surface area contributed by atoms with Crippen LogP contribution in [0.2, 0.25) is 0 Å². The van der Waals surface area contributed by atoms with Gasteiger partial charge >= 0.3 is 0 Å². The van der Waals surface area contributed by atoms with Crippen LogP contribution >= 0.6 is 0 Å². The maximum Gasteiger partial charge on any atom is 0.292 e. The molecule has 1 aromatic heterocycles. The number of carbonyl (C=O) groups is 2. The van der Waals surface area contributed by atoms with E-state index < -0.39 is 0 Å². The SMILES string of the molecule is CN(C)[C@@H]1C[C@@H]2CN(C(=O)c3cc(=O)[nH]o3)C[C@@H]2C[C@H]1OCC1CC1.O=CO. The third kappa shape index (κ3) is 4.82. The van der Waals surface area contributed by atoms with E-state index in [1.54, 1.807) is 0 Å². The number of rotatable bonds is 5. The first kappa shape index (κ1) is 20.6. The zero-order valence-corrected chi connectivity index (χ0v) is 16.4. The summed E-state index contributed by atoms with van der Waals surface area (Å²) in [6.07, 6.45) is 4.90. The topological polar surface area (TPSA) is 116 Å². The van der Waals surface area contributed by atoms with Gasteiger partial charge in [-0.15, -0.1) is 0 Å². The summed E-state index contributed by atoms with van der Waals surface area (Å²) in [6, 6.07) is 1.63. The van der Waals surface area contributed by atoms with E-state index in [-0.39, 0.29) is 29.8 Å². The second-order valence-corrected chi connectivity index (χ2v) is 8.23. The molecule has 1 saturated heterocycles. The summed E-state index contributed by atoms with van der Waals surface area (Å²) in [5, 5.41) is 9.08. The third-order valence-corrected chi connectivity index (χ3v) is 6.01. The van der Waals surface area contributed by atoms with Crippen molar-refractivity contribution in [3.05, 3.63) is 22.2 Å². The Labute approximate surface area is 163 Å². The summed E-state index contributed by atoms with van der Waals surface area (Å²) in [7, 11) is 4.23. The van der Waals surface area contributed by atoms with Gasteiger partial charge in [-0.25, -0.2) is 0 Å². The minimum Gasteiger partial charge on any atom is -0.483 e. The number of carboxylic acid groups (broad SMARTS) is 1. The lowest BCUT2D eigenvalue weighted by molar-refractivity contribution is -0.122. The van der Waals surface area contributed by atoms with Gasteiger partial charge in [-0.05, 0) is 57.5 Å². The van der Waals surface area contributed by atoms with Crippen molar-refractivity contribution in [1.29, 1.82) is 0 Å². The van der Waals surface area contributed by atoms with Crippen molar-refractivity contribution in [2.45, 2.75) is 37.8 Å². The van der Waals surface area contributed by atoms with Crippen molar-refractivity contribution in [2.75, 3.05) is 33.8 Å². The molecule has 2 heterocycles. The Morgan fingerprint density at radius 1 is 1.36 bits per heavy atom. The fourth-order valence-electron chi connectivity index (χ4n) is 4.37. The van der Waals surface area contributed by atoms with Crippen LogP contribution < -0.4 is 5.56 Å². The monoisotopic (exact) mass is 395 g/mol. The summed E-state index contributed by atoms with van der Waals surface area (Å²) < 4.78 is 11.2. The van der Waals surface area contributed by atoms with Gasteiger partial charge in [0.1, 0.15) is 0 Å². The van der Waals surface area contributed by atoms with Crippen molar-refractivity contribution < 1.29 is 24.0 Å². The lowest BCUT2D eigenvalue weighted by atomic mass is 9.77. The van der Waals surface area contributed by atoms with Gasteiger partial charge in [0.05, 0.1) is 12.2 Å². The minimum absolute atomic E-state index is 0.106. The van der Waals surface area contributed by atoms with E-state index in [1.165, 1.54) is 18.9 Å². The fourth-order valence-corrected chi connectivity index (χ4v) is 4.37. The number of aromatic nitrogens is 1. The van der Waals surface area contributed by atoms with Gasteiger partial charge in [-0.2, -0.15) is 5.16 Å². The smallest absolute Gasteiger partial charge is 0.292 e. The number of nitrogens with zero attached hydrogens (tertiary/aromatic N) is 2. The second kappa shape index (κ2) is 8.91. The summed E-state index contributed by atoms with van der Waals surface area (Å²) in [4.78, 5) is 36.2. The number of aromatic amines is 1. The third-order valence-electron chi connectivity index (χ3n) is 6.01. The number of H-pyrrole nitrogens is 1. The molecule has 0 aromatic carbocycles. The number of hydrogen-bond donors (Lipinski definition) is 2. The average molecular weight is 395 g/mol. The molecule has 1 amide bonds. The lowest BCUT2D eigenvalue weighted by Gasteiger charge is -2.41. The molecule has 4 atom stereocenters. The van der Waals surface area contributed by atoms with E-state index in [0.717, 1.165) is 38.5 Å². The van der Waals surface area contributed by atoms with Crippen molar-refractivity contribution in [1.82, 2.24) is 15.0 Å². The molecular formula is C19H29N3O6. The molecule has 4 rings (SSSR count). The Bertz CT molecular complexity index is 725. The molecule has 0 bridgehead atoms. The zero-order chi connectivity index (χ0) is 20.3. The Morgan fingerprint density at radius 2 is 2.00 bits per heavy atom. The van der Waals surface area contributed by atoms with E-state index in [9.17, 15) is 9.59 Å². The Hall–Kier alpha value is -2.13. The highest BCUT2D eigenvalue weighted by molar-refractivity contribution is 5.91. The molecule has 1 aromatic rings. The van der Waals surface area contributed by atoms with Crippen LogP contribution in [0.1, 0.15) is 36.2 Å². The number of fused-ring (bicyclic) bond motifs is 1. The molecule has 156 valence electrons. The van der Waals surface area contributed by atoms with Crippen molar-refractivity contribution in [3.8, 4) is 0 Å².